The van der Waals surface area contributed by atoms with E-state index in [1.54, 1.807) is 18.3 Å². The van der Waals surface area contributed by atoms with Crippen LogP contribution in [0, 0.1) is 5.82 Å². The molecule has 1 amide bonds. The fraction of sp³-hybridized carbons (Fsp3) is 0.478. The molecule has 2 aromatic rings. The van der Waals surface area contributed by atoms with Gasteiger partial charge in [0.15, 0.2) is 0 Å². The summed E-state index contributed by atoms with van der Waals surface area (Å²) in [5.74, 6) is 0.524. The molecule has 0 saturated carbocycles. The number of nitrogens with two attached hydrogens (primary N) is 1. The number of pyridine rings is 1. The maximum atomic E-state index is 13.4. The minimum Gasteiger partial charge on any atom is -0.438 e. The summed E-state index contributed by atoms with van der Waals surface area (Å²) in [6.45, 7) is 2.13. The number of carbonyl (C=O) groups is 1. The van der Waals surface area contributed by atoms with Gasteiger partial charge in [-0.3, -0.25) is 0 Å². The van der Waals surface area contributed by atoms with Gasteiger partial charge in [0, 0.05) is 32.7 Å². The third kappa shape index (κ3) is 4.58. The first-order valence-electron chi connectivity index (χ1n) is 10.8. The van der Waals surface area contributed by atoms with Crippen molar-refractivity contribution in [2.24, 2.45) is 0 Å². The molecule has 0 bridgehead atoms. The molecule has 0 aliphatic carbocycles. The van der Waals surface area contributed by atoms with E-state index in [9.17, 15) is 14.3 Å². The SMILES string of the molecule is Nc1ccc(N2CCC[C@H](N3CC[C@](CCCO)(c4ccc(F)cc4)OC3=O)C2)nc1. The van der Waals surface area contributed by atoms with Gasteiger partial charge in [0.2, 0.25) is 0 Å². The number of anilines is 2. The first kappa shape index (κ1) is 21.4. The molecular weight excluding hydrogens is 399 g/mol. The van der Waals surface area contributed by atoms with Gasteiger partial charge in [-0.1, -0.05) is 12.1 Å². The third-order valence-electron chi connectivity index (χ3n) is 6.31. The summed E-state index contributed by atoms with van der Waals surface area (Å²) in [5, 5.41) is 9.35. The number of cyclic esters (lactones) is 1. The topological polar surface area (TPSA) is 91.9 Å². The van der Waals surface area contributed by atoms with Crippen molar-refractivity contribution in [2.75, 3.05) is 36.9 Å². The van der Waals surface area contributed by atoms with E-state index in [0.29, 0.717) is 38.0 Å². The van der Waals surface area contributed by atoms with Crippen LogP contribution in [-0.4, -0.2) is 53.4 Å². The summed E-state index contributed by atoms with van der Waals surface area (Å²) in [7, 11) is 0. The van der Waals surface area contributed by atoms with Crippen molar-refractivity contribution in [3.8, 4) is 0 Å². The Morgan fingerprint density at radius 2 is 2.03 bits per heavy atom. The monoisotopic (exact) mass is 428 g/mol. The molecule has 2 fully saturated rings. The number of ether oxygens (including phenoxy) is 1. The van der Waals surface area contributed by atoms with E-state index in [0.717, 1.165) is 30.8 Å². The Morgan fingerprint density at radius 3 is 2.71 bits per heavy atom. The number of rotatable bonds is 6. The number of carbonyl (C=O) groups excluding carboxylic acids is 1. The Balaban J connectivity index is 1.48. The largest absolute Gasteiger partial charge is 0.438 e. The zero-order chi connectivity index (χ0) is 21.8. The standard InChI is InChI=1S/C23H29FN4O3/c24-18-6-4-17(5-7-18)23(10-2-14-29)11-13-28(22(30)31-23)20-3-1-12-27(16-20)21-9-8-19(25)15-26-21/h4-9,15,20,29H,1-3,10-14,16,25H2/t20-,23+/m0/s1. The summed E-state index contributed by atoms with van der Waals surface area (Å²) < 4.78 is 19.5. The Hall–Kier alpha value is -2.87. The summed E-state index contributed by atoms with van der Waals surface area (Å²) in [6.07, 6.45) is 4.75. The van der Waals surface area contributed by atoms with Crippen LogP contribution in [0.25, 0.3) is 0 Å². The van der Waals surface area contributed by atoms with Crippen LogP contribution in [0.1, 0.15) is 37.7 Å². The van der Waals surface area contributed by atoms with Crippen LogP contribution in [0.3, 0.4) is 0 Å². The van der Waals surface area contributed by atoms with E-state index in [1.807, 2.05) is 17.0 Å². The number of benzene rings is 1. The molecule has 7 nitrogen and oxygen atoms in total. The molecular formula is C23H29FN4O3. The first-order chi connectivity index (χ1) is 15.0. The van der Waals surface area contributed by atoms with Gasteiger partial charge < -0.3 is 25.4 Å². The smallest absolute Gasteiger partial charge is 0.410 e. The molecule has 166 valence electrons. The van der Waals surface area contributed by atoms with Gasteiger partial charge in [-0.15, -0.1) is 0 Å². The van der Waals surface area contributed by atoms with E-state index in [1.165, 1.54) is 12.1 Å². The predicted molar refractivity (Wildman–Crippen MR) is 116 cm³/mol. The zero-order valence-corrected chi connectivity index (χ0v) is 17.5. The van der Waals surface area contributed by atoms with Crippen molar-refractivity contribution in [3.05, 3.63) is 54.0 Å². The lowest BCUT2D eigenvalue weighted by Crippen LogP contribution is -2.56. The highest BCUT2D eigenvalue weighted by molar-refractivity contribution is 5.70. The number of hydrogen-bond acceptors (Lipinski definition) is 6. The lowest BCUT2D eigenvalue weighted by atomic mass is 9.84. The van der Waals surface area contributed by atoms with Crippen LogP contribution < -0.4 is 10.6 Å². The Labute approximate surface area is 181 Å². The summed E-state index contributed by atoms with van der Waals surface area (Å²) in [4.78, 5) is 21.5. The molecule has 0 unspecified atom stereocenters. The highest BCUT2D eigenvalue weighted by Gasteiger charge is 2.44. The molecule has 2 aliphatic rings. The lowest BCUT2D eigenvalue weighted by Gasteiger charge is -2.46. The number of aliphatic hydroxyl groups is 1. The molecule has 2 saturated heterocycles. The second kappa shape index (κ2) is 9.09. The van der Waals surface area contributed by atoms with Crippen molar-refractivity contribution in [1.82, 2.24) is 9.88 Å². The summed E-state index contributed by atoms with van der Waals surface area (Å²) in [6, 6.07) is 9.88. The molecule has 3 heterocycles. The van der Waals surface area contributed by atoms with Crippen LogP contribution in [0.2, 0.25) is 0 Å². The van der Waals surface area contributed by atoms with Gasteiger partial charge in [-0.25, -0.2) is 14.2 Å². The quantitative estimate of drug-likeness (QED) is 0.734. The minimum atomic E-state index is -0.836. The first-order valence-corrected chi connectivity index (χ1v) is 10.8. The van der Waals surface area contributed by atoms with Crippen molar-refractivity contribution in [1.29, 1.82) is 0 Å². The zero-order valence-electron chi connectivity index (χ0n) is 17.5. The summed E-state index contributed by atoms with van der Waals surface area (Å²) >= 11 is 0. The van der Waals surface area contributed by atoms with Crippen LogP contribution in [0.5, 0.6) is 0 Å². The number of amides is 1. The molecule has 1 aromatic heterocycles. The fourth-order valence-corrected chi connectivity index (χ4v) is 4.64. The highest BCUT2D eigenvalue weighted by Crippen LogP contribution is 2.39. The van der Waals surface area contributed by atoms with E-state index >= 15 is 0 Å². The molecule has 2 aliphatic heterocycles. The second-order valence-electron chi connectivity index (χ2n) is 8.33. The number of aromatic nitrogens is 1. The van der Waals surface area contributed by atoms with Gasteiger partial charge in [-0.05, 0) is 55.5 Å². The van der Waals surface area contributed by atoms with Crippen molar-refractivity contribution in [3.63, 3.8) is 0 Å². The van der Waals surface area contributed by atoms with Crippen molar-refractivity contribution in [2.45, 2.75) is 43.7 Å². The van der Waals surface area contributed by atoms with E-state index in [-0.39, 0.29) is 24.6 Å². The van der Waals surface area contributed by atoms with Gasteiger partial charge >= 0.3 is 6.09 Å². The molecule has 2 atom stereocenters. The molecule has 1 aromatic carbocycles. The van der Waals surface area contributed by atoms with Gasteiger partial charge in [0.1, 0.15) is 17.2 Å². The molecule has 4 rings (SSSR count). The molecule has 3 N–H and O–H groups in total. The Bertz CT molecular complexity index is 893. The lowest BCUT2D eigenvalue weighted by molar-refractivity contribution is -0.0697. The molecule has 0 radical (unpaired) electrons. The number of halogens is 1. The maximum Gasteiger partial charge on any atom is 0.410 e. The van der Waals surface area contributed by atoms with Crippen LogP contribution in [0.4, 0.5) is 20.7 Å². The number of nitrogens with zero attached hydrogens (tertiary/aromatic N) is 3. The second-order valence-corrected chi connectivity index (χ2v) is 8.33. The van der Waals surface area contributed by atoms with Crippen LogP contribution in [-0.2, 0) is 10.3 Å². The van der Waals surface area contributed by atoms with E-state index in [4.69, 9.17) is 10.5 Å². The number of aliphatic hydroxyl groups excluding tert-OH is 1. The van der Waals surface area contributed by atoms with E-state index in [2.05, 4.69) is 9.88 Å². The number of hydrogen-bond donors (Lipinski definition) is 2. The highest BCUT2D eigenvalue weighted by atomic mass is 19.1. The average Bonchev–Trinajstić information content (AvgIpc) is 2.79. The maximum absolute atomic E-state index is 13.4. The van der Waals surface area contributed by atoms with E-state index < -0.39 is 5.60 Å². The van der Waals surface area contributed by atoms with Gasteiger partial charge in [0.05, 0.1) is 17.9 Å². The van der Waals surface area contributed by atoms with Gasteiger partial charge in [0.25, 0.3) is 0 Å². The average molecular weight is 429 g/mol. The Kier molecular flexibility index (Phi) is 6.27. The van der Waals surface area contributed by atoms with Crippen LogP contribution in [0.15, 0.2) is 42.6 Å². The fourth-order valence-electron chi connectivity index (χ4n) is 4.64. The minimum absolute atomic E-state index is 0.0103. The molecule has 31 heavy (non-hydrogen) atoms. The van der Waals surface area contributed by atoms with Crippen molar-refractivity contribution >= 4 is 17.6 Å². The van der Waals surface area contributed by atoms with Crippen LogP contribution >= 0.6 is 0 Å². The number of piperidine rings is 1. The third-order valence-corrected chi connectivity index (χ3v) is 6.31. The molecule has 8 heteroatoms. The molecule has 0 spiro atoms. The predicted octanol–water partition coefficient (Wildman–Crippen LogP) is 3.28. The van der Waals surface area contributed by atoms with Crippen molar-refractivity contribution < 1.29 is 19.0 Å². The summed E-state index contributed by atoms with van der Waals surface area (Å²) in [5.41, 5.74) is 6.30. The number of nitrogen functional groups attached to an aromatic ring is 1. The Morgan fingerprint density at radius 1 is 1.23 bits per heavy atom. The normalized spacial score (nSPS) is 24.2. The van der Waals surface area contributed by atoms with Gasteiger partial charge in [-0.2, -0.15) is 0 Å².